The van der Waals surface area contributed by atoms with Crippen LogP contribution in [-0.4, -0.2) is 23.7 Å². The number of hydrogen-bond donors (Lipinski definition) is 3. The zero-order chi connectivity index (χ0) is 11.5. The molecule has 1 aromatic rings. The highest BCUT2D eigenvalue weighted by Crippen LogP contribution is 2.12. The first kappa shape index (κ1) is 12.7. The van der Waals surface area contributed by atoms with Gasteiger partial charge in [-0.25, -0.2) is 0 Å². The van der Waals surface area contributed by atoms with Crippen LogP contribution < -0.4 is 10.1 Å². The van der Waals surface area contributed by atoms with Gasteiger partial charge in [-0.2, -0.15) is 0 Å². The Bertz CT molecular complexity index is 307. The van der Waals surface area contributed by atoms with Crippen molar-refractivity contribution < 1.29 is 10.0 Å². The molecule has 0 aliphatic carbocycles. The third-order valence-corrected chi connectivity index (χ3v) is 3.02. The Balaban J connectivity index is 2.38. The van der Waals surface area contributed by atoms with Gasteiger partial charge in [0.1, 0.15) is 0 Å². The van der Waals surface area contributed by atoms with Crippen LogP contribution in [0, 0.1) is 5.41 Å². The summed E-state index contributed by atoms with van der Waals surface area (Å²) in [6, 6.07) is 3.68. The Labute approximate surface area is 95.3 Å². The molecular weight excluding hydrogens is 209 g/mol. The summed E-state index contributed by atoms with van der Waals surface area (Å²) in [5.74, 6) is 0. The standard InChI is InChI=1S/C10H18BNO2S/c1-10(2,3)7-12-6-8-4-5-9(15-8)11(13)14/h4-5,12-14H,6-7H2,1-3H3. The molecule has 0 aliphatic rings. The Morgan fingerprint density at radius 2 is 2.00 bits per heavy atom. The van der Waals surface area contributed by atoms with Crippen LogP contribution in [0.4, 0.5) is 0 Å². The molecule has 3 nitrogen and oxygen atoms in total. The van der Waals surface area contributed by atoms with Crippen molar-refractivity contribution in [1.29, 1.82) is 0 Å². The molecule has 0 bridgehead atoms. The van der Waals surface area contributed by atoms with E-state index in [1.807, 2.05) is 6.07 Å². The highest BCUT2D eigenvalue weighted by molar-refractivity contribution is 7.22. The SMILES string of the molecule is CC(C)(C)CNCc1ccc(B(O)O)s1. The maximum atomic E-state index is 8.94. The lowest BCUT2D eigenvalue weighted by Crippen LogP contribution is -2.27. The zero-order valence-corrected chi connectivity index (χ0v) is 10.3. The second-order valence-corrected chi connectivity index (χ2v) is 6.04. The van der Waals surface area contributed by atoms with Crippen LogP contribution in [0.5, 0.6) is 0 Å². The van der Waals surface area contributed by atoms with Crippen LogP contribution in [-0.2, 0) is 6.54 Å². The topological polar surface area (TPSA) is 52.5 Å². The van der Waals surface area contributed by atoms with Crippen LogP contribution in [0.25, 0.3) is 0 Å². The lowest BCUT2D eigenvalue weighted by molar-refractivity contribution is 0.380. The molecule has 0 saturated heterocycles. The van der Waals surface area contributed by atoms with Gasteiger partial charge in [-0.1, -0.05) is 26.8 Å². The molecule has 0 saturated carbocycles. The second kappa shape index (κ2) is 5.12. The summed E-state index contributed by atoms with van der Waals surface area (Å²) >= 11 is 1.43. The summed E-state index contributed by atoms with van der Waals surface area (Å²) in [4.78, 5) is 1.13. The van der Waals surface area contributed by atoms with Gasteiger partial charge in [0.15, 0.2) is 0 Å². The normalized spacial score (nSPS) is 11.8. The van der Waals surface area contributed by atoms with E-state index in [1.54, 1.807) is 6.07 Å². The molecule has 0 amide bonds. The molecule has 0 aliphatic heterocycles. The third-order valence-electron chi connectivity index (χ3n) is 1.89. The van der Waals surface area contributed by atoms with Crippen LogP contribution >= 0.6 is 11.3 Å². The fraction of sp³-hybridized carbons (Fsp3) is 0.600. The highest BCUT2D eigenvalue weighted by Gasteiger charge is 2.14. The average molecular weight is 227 g/mol. The molecule has 1 aromatic heterocycles. The minimum atomic E-state index is -1.34. The van der Waals surface area contributed by atoms with E-state index in [9.17, 15) is 0 Å². The molecule has 1 rings (SSSR count). The van der Waals surface area contributed by atoms with E-state index in [0.717, 1.165) is 18.0 Å². The van der Waals surface area contributed by atoms with Crippen LogP contribution in [0.3, 0.4) is 0 Å². The summed E-state index contributed by atoms with van der Waals surface area (Å²) in [6.07, 6.45) is 0. The molecule has 15 heavy (non-hydrogen) atoms. The molecule has 0 spiro atoms. The van der Waals surface area contributed by atoms with Crippen LogP contribution in [0.1, 0.15) is 25.6 Å². The van der Waals surface area contributed by atoms with Gasteiger partial charge in [-0.15, -0.1) is 11.3 Å². The molecular formula is C10H18BNO2S. The largest absolute Gasteiger partial charge is 0.499 e. The number of thiophene rings is 1. The Morgan fingerprint density at radius 1 is 1.33 bits per heavy atom. The first-order chi connectivity index (χ1) is 6.88. The average Bonchev–Trinajstić information content (AvgIpc) is 2.50. The Kier molecular flexibility index (Phi) is 4.34. The van der Waals surface area contributed by atoms with Crippen molar-refractivity contribution in [2.24, 2.45) is 5.41 Å². The Morgan fingerprint density at radius 3 is 2.47 bits per heavy atom. The van der Waals surface area contributed by atoms with Gasteiger partial charge in [-0.05, 0) is 11.5 Å². The van der Waals surface area contributed by atoms with E-state index < -0.39 is 7.12 Å². The van der Waals surface area contributed by atoms with Crippen molar-refractivity contribution >= 4 is 23.2 Å². The summed E-state index contributed by atoms with van der Waals surface area (Å²) in [5.41, 5.74) is 0.274. The molecule has 0 atom stereocenters. The van der Waals surface area contributed by atoms with Crippen molar-refractivity contribution in [3.05, 3.63) is 17.0 Å². The summed E-state index contributed by atoms with van der Waals surface area (Å²) in [5, 5.41) is 21.2. The maximum absolute atomic E-state index is 8.94. The quantitative estimate of drug-likeness (QED) is 0.659. The molecule has 0 radical (unpaired) electrons. The van der Waals surface area contributed by atoms with E-state index >= 15 is 0 Å². The van der Waals surface area contributed by atoms with Gasteiger partial charge in [-0.3, -0.25) is 0 Å². The summed E-state index contributed by atoms with van der Waals surface area (Å²) < 4.78 is 0.600. The first-order valence-electron chi connectivity index (χ1n) is 5.04. The number of hydrogen-bond acceptors (Lipinski definition) is 4. The van der Waals surface area contributed by atoms with E-state index in [2.05, 4.69) is 26.1 Å². The monoisotopic (exact) mass is 227 g/mol. The van der Waals surface area contributed by atoms with Gasteiger partial charge < -0.3 is 15.4 Å². The minimum Gasteiger partial charge on any atom is -0.423 e. The fourth-order valence-electron chi connectivity index (χ4n) is 1.19. The van der Waals surface area contributed by atoms with Gasteiger partial charge in [0.2, 0.25) is 0 Å². The van der Waals surface area contributed by atoms with E-state index in [0.29, 0.717) is 4.78 Å². The van der Waals surface area contributed by atoms with Gasteiger partial charge in [0.25, 0.3) is 0 Å². The molecule has 0 fully saturated rings. The minimum absolute atomic E-state index is 0.274. The van der Waals surface area contributed by atoms with Gasteiger partial charge >= 0.3 is 7.12 Å². The highest BCUT2D eigenvalue weighted by atomic mass is 32.1. The van der Waals surface area contributed by atoms with E-state index in [4.69, 9.17) is 10.0 Å². The van der Waals surface area contributed by atoms with Crippen molar-refractivity contribution in [2.75, 3.05) is 6.54 Å². The summed E-state index contributed by atoms with van der Waals surface area (Å²) in [6.45, 7) is 8.27. The lowest BCUT2D eigenvalue weighted by Gasteiger charge is -2.18. The zero-order valence-electron chi connectivity index (χ0n) is 9.45. The van der Waals surface area contributed by atoms with E-state index in [1.165, 1.54) is 11.3 Å². The number of rotatable bonds is 4. The Hall–Kier alpha value is -0.355. The van der Waals surface area contributed by atoms with Crippen molar-refractivity contribution in [3.63, 3.8) is 0 Å². The van der Waals surface area contributed by atoms with Crippen molar-refractivity contribution in [1.82, 2.24) is 5.32 Å². The lowest BCUT2D eigenvalue weighted by atomic mass is 9.90. The molecule has 3 N–H and O–H groups in total. The molecule has 84 valence electrons. The second-order valence-electron chi connectivity index (χ2n) is 4.84. The molecule has 0 unspecified atom stereocenters. The molecule has 5 heteroatoms. The predicted molar refractivity (Wildman–Crippen MR) is 65.3 cm³/mol. The maximum Gasteiger partial charge on any atom is 0.499 e. The fourth-order valence-corrected chi connectivity index (χ4v) is 2.04. The number of nitrogens with one attached hydrogen (secondary N) is 1. The smallest absolute Gasteiger partial charge is 0.423 e. The van der Waals surface area contributed by atoms with Crippen molar-refractivity contribution in [3.8, 4) is 0 Å². The third kappa shape index (κ3) is 4.79. The first-order valence-corrected chi connectivity index (χ1v) is 5.85. The molecule has 1 heterocycles. The van der Waals surface area contributed by atoms with Crippen LogP contribution in [0.2, 0.25) is 0 Å². The van der Waals surface area contributed by atoms with Gasteiger partial charge in [0.05, 0.1) is 0 Å². The molecule has 0 aromatic carbocycles. The van der Waals surface area contributed by atoms with E-state index in [-0.39, 0.29) is 5.41 Å². The van der Waals surface area contributed by atoms with Crippen molar-refractivity contribution in [2.45, 2.75) is 27.3 Å². The van der Waals surface area contributed by atoms with Gasteiger partial charge in [0, 0.05) is 22.7 Å². The predicted octanol–water partition coefficient (Wildman–Crippen LogP) is 0.564. The van der Waals surface area contributed by atoms with Crippen LogP contribution in [0.15, 0.2) is 12.1 Å². The summed E-state index contributed by atoms with van der Waals surface area (Å²) in [7, 11) is -1.34.